The summed E-state index contributed by atoms with van der Waals surface area (Å²) < 4.78 is 18.4. The van der Waals surface area contributed by atoms with Gasteiger partial charge in [0, 0.05) is 43.1 Å². The molecule has 81 heavy (non-hydrogen) atoms. The van der Waals surface area contributed by atoms with Gasteiger partial charge in [-0.2, -0.15) is 0 Å². The average Bonchev–Trinajstić information content (AvgIpc) is 2.31. The molecule has 0 unspecified atom stereocenters. The molecular formula is C74H110O7. The smallest absolute Gasteiger partial charge is 0.306 e. The van der Waals surface area contributed by atoms with Crippen molar-refractivity contribution in [3.63, 3.8) is 0 Å². The van der Waals surface area contributed by atoms with E-state index < -0.39 is 16.8 Å². The first-order valence-corrected chi connectivity index (χ1v) is 31.4. The molecule has 0 spiro atoms. The van der Waals surface area contributed by atoms with Gasteiger partial charge in [0.05, 0.1) is 11.2 Å². The van der Waals surface area contributed by atoms with Crippen LogP contribution >= 0.6 is 0 Å². The monoisotopic (exact) mass is 1110 g/mol. The Balaban J connectivity index is 1.38. The molecule has 0 aromatic carbocycles. The van der Waals surface area contributed by atoms with Crippen LogP contribution in [0, 0.1) is 10.8 Å². The molecule has 0 amide bonds. The van der Waals surface area contributed by atoms with Gasteiger partial charge in [-0.1, -0.05) is 213 Å². The molecule has 7 nitrogen and oxygen atoms in total. The summed E-state index contributed by atoms with van der Waals surface area (Å²) in [6.45, 7) is 24.7. The van der Waals surface area contributed by atoms with E-state index in [4.69, 9.17) is 14.2 Å². The molecule has 0 aromatic rings. The molecule has 1 N–H and O–H groups in total. The molecule has 1 saturated heterocycles. The largest absolute Gasteiger partial charge is 0.462 e. The van der Waals surface area contributed by atoms with Crippen molar-refractivity contribution in [2.24, 2.45) is 10.8 Å². The first kappa shape index (κ1) is 70.2. The van der Waals surface area contributed by atoms with Gasteiger partial charge in [0.25, 0.3) is 0 Å². The minimum Gasteiger partial charge on any atom is -0.462 e. The summed E-state index contributed by atoms with van der Waals surface area (Å²) >= 11 is 0. The van der Waals surface area contributed by atoms with Crippen LogP contribution in [-0.2, 0) is 28.6 Å². The maximum absolute atomic E-state index is 13.6. The molecule has 7 heteroatoms. The number of unbranched alkanes of at least 4 members (excludes halogenated alkanes) is 11. The fourth-order valence-electron chi connectivity index (χ4n) is 11.7. The van der Waals surface area contributed by atoms with E-state index in [0.29, 0.717) is 50.5 Å². The van der Waals surface area contributed by atoms with Crippen molar-refractivity contribution < 1.29 is 33.7 Å². The summed E-state index contributed by atoms with van der Waals surface area (Å²) in [5.41, 5.74) is 5.13. The Bertz CT molecular complexity index is 2390. The average molecular weight is 1110 g/mol. The highest BCUT2D eigenvalue weighted by Crippen LogP contribution is 2.67. The number of carbonyl (C=O) groups excluding carboxylic acids is 3. The summed E-state index contributed by atoms with van der Waals surface area (Å²) in [6.07, 6.45) is 66.8. The normalized spacial score (nSPS) is 24.5. The van der Waals surface area contributed by atoms with E-state index in [9.17, 15) is 19.5 Å². The summed E-state index contributed by atoms with van der Waals surface area (Å²) in [6, 6.07) is 0. The number of carbonyl (C=O) groups is 3. The van der Waals surface area contributed by atoms with E-state index in [0.717, 1.165) is 92.9 Å². The second kappa shape index (κ2) is 37.2. The fraction of sp³-hybridized carbons (Fsp3) is 0.595. The first-order valence-electron chi connectivity index (χ1n) is 31.4. The molecule has 3 rings (SSSR count). The summed E-state index contributed by atoms with van der Waals surface area (Å²) in [5, 5.41) is 11.6. The highest BCUT2D eigenvalue weighted by atomic mass is 16.6. The number of epoxide rings is 1. The van der Waals surface area contributed by atoms with Crippen LogP contribution in [0.2, 0.25) is 0 Å². The lowest BCUT2D eigenvalue weighted by Gasteiger charge is -2.44. The molecule has 0 radical (unpaired) electrons. The SMILES string of the molecule is CC/C=C\C/C=C\C/C=C\C/C=C\CCCCC(=O)O[C@H]1CC(C)(C)[C@]2(CC(=O)/C(C)=C/C=C/C(C)=C/C=C/C=C(C)/C=C/C=C(\C)C=C=C3C(C)(C)C[C@H](OC(=O)CCCCCCC/C=C/CCCCCC)C[C@@]3(C)O)O[C@]2(C)C1. The Labute approximate surface area is 493 Å². The zero-order chi connectivity index (χ0) is 59.6. The first-order chi connectivity index (χ1) is 38.6. The van der Waals surface area contributed by atoms with Gasteiger partial charge in [-0.3, -0.25) is 14.4 Å². The van der Waals surface area contributed by atoms with Gasteiger partial charge in [-0.25, -0.2) is 0 Å². The number of ether oxygens (including phenoxy) is 3. The van der Waals surface area contributed by atoms with Crippen LogP contribution in [0.3, 0.4) is 0 Å². The molecular weight excluding hydrogens is 1000 g/mol. The van der Waals surface area contributed by atoms with E-state index in [1.165, 1.54) is 44.9 Å². The lowest BCUT2D eigenvalue weighted by Crippen LogP contribution is -2.49. The van der Waals surface area contributed by atoms with Gasteiger partial charge in [-0.15, -0.1) is 5.73 Å². The summed E-state index contributed by atoms with van der Waals surface area (Å²) in [4.78, 5) is 39.3. The van der Waals surface area contributed by atoms with Crippen molar-refractivity contribution in [2.45, 2.75) is 273 Å². The van der Waals surface area contributed by atoms with Gasteiger partial charge >= 0.3 is 11.9 Å². The van der Waals surface area contributed by atoms with Crippen LogP contribution in [0.1, 0.15) is 244 Å². The fourth-order valence-corrected chi connectivity index (χ4v) is 11.7. The number of allylic oxidation sites excluding steroid dienone is 24. The standard InChI is InChI=1S/C74H110O7/c1-13-15-17-19-21-23-25-27-28-30-32-34-36-38-40-52-69(77)80-65-56-71(9,10)74(73(12,58-65)81-74)59-66(75)63(6)50-44-49-61(4)46-42-41-45-60(3)47-43-48-62(5)53-54-67-70(7,8)55-64(57-72(67,11)78)79-68(76)51-39-37-35-33-31-29-26-24-22-20-18-16-14-2/h15,17,21,23-24,26-28,32,34,41-50,53,64-65,78H,13-14,16,18-20,22,25,29-31,33,35-40,51-52,55-59H2,1-12H3/b17-15-,23-21-,26-24+,28-27-,34-32-,42-41+,47-43+,49-44+,60-45+,61-46+,62-48+,63-50+/t54?,64-,65-,72+,73+,74-/m0/s1. The van der Waals surface area contributed by atoms with E-state index in [1.54, 1.807) is 0 Å². The highest BCUT2D eigenvalue weighted by Gasteiger charge is 2.76. The van der Waals surface area contributed by atoms with Crippen LogP contribution in [0.25, 0.3) is 0 Å². The second-order valence-electron chi connectivity index (χ2n) is 25.1. The highest BCUT2D eigenvalue weighted by molar-refractivity contribution is 5.96. The van der Waals surface area contributed by atoms with Gasteiger partial charge in [-0.05, 0) is 154 Å². The Morgan fingerprint density at radius 2 is 1.02 bits per heavy atom. The topological polar surface area (TPSA) is 102 Å². The van der Waals surface area contributed by atoms with Crippen molar-refractivity contribution in [1.29, 1.82) is 0 Å². The number of hydrogen-bond acceptors (Lipinski definition) is 7. The molecule has 5 atom stereocenters. The van der Waals surface area contributed by atoms with Crippen molar-refractivity contribution in [1.82, 2.24) is 0 Å². The lowest BCUT2D eigenvalue weighted by molar-refractivity contribution is -0.156. The van der Waals surface area contributed by atoms with Crippen LogP contribution in [0.4, 0.5) is 0 Å². The van der Waals surface area contributed by atoms with E-state index in [1.807, 2.05) is 82.4 Å². The molecule has 1 aliphatic heterocycles. The van der Waals surface area contributed by atoms with Crippen molar-refractivity contribution >= 4 is 17.7 Å². The number of Topliss-reactive ketones (excluding diaryl/α,β-unsaturated/α-hetero) is 1. The molecule has 448 valence electrons. The second-order valence-corrected chi connectivity index (χ2v) is 25.1. The zero-order valence-electron chi connectivity index (χ0n) is 52.9. The van der Waals surface area contributed by atoms with Crippen molar-refractivity contribution in [3.05, 3.63) is 161 Å². The molecule has 0 bridgehead atoms. The lowest BCUT2D eigenvalue weighted by atomic mass is 9.61. The zero-order valence-corrected chi connectivity index (χ0v) is 52.9. The van der Waals surface area contributed by atoms with Gasteiger partial charge in [0.1, 0.15) is 17.8 Å². The number of rotatable bonds is 37. The molecule has 2 saturated carbocycles. The van der Waals surface area contributed by atoms with Crippen molar-refractivity contribution in [2.75, 3.05) is 0 Å². The third-order valence-corrected chi connectivity index (χ3v) is 16.2. The minimum absolute atomic E-state index is 0.0672. The van der Waals surface area contributed by atoms with Gasteiger partial charge < -0.3 is 19.3 Å². The molecule has 3 fully saturated rings. The number of fused-ring (bicyclic) bond motifs is 1. The van der Waals surface area contributed by atoms with Gasteiger partial charge in [0.15, 0.2) is 5.78 Å². The van der Waals surface area contributed by atoms with E-state index in [2.05, 4.69) is 134 Å². The molecule has 1 heterocycles. The number of aliphatic hydroxyl groups is 1. The van der Waals surface area contributed by atoms with Crippen LogP contribution in [-0.4, -0.2) is 51.8 Å². The minimum atomic E-state index is -1.14. The van der Waals surface area contributed by atoms with Crippen molar-refractivity contribution in [3.8, 4) is 0 Å². The molecule has 0 aromatic heterocycles. The third-order valence-electron chi connectivity index (χ3n) is 16.2. The van der Waals surface area contributed by atoms with E-state index >= 15 is 0 Å². The maximum Gasteiger partial charge on any atom is 0.306 e. The molecule has 3 aliphatic rings. The van der Waals surface area contributed by atoms with Crippen LogP contribution < -0.4 is 0 Å². The molecule has 2 aliphatic carbocycles. The summed E-state index contributed by atoms with van der Waals surface area (Å²) in [5.74, 6) is -0.244. The number of esters is 2. The number of ketones is 1. The Morgan fingerprint density at radius 3 is 1.58 bits per heavy atom. The predicted octanol–water partition coefficient (Wildman–Crippen LogP) is 19.8. The quantitative estimate of drug-likeness (QED) is 0.0126. The van der Waals surface area contributed by atoms with Gasteiger partial charge in [0.2, 0.25) is 0 Å². The predicted molar refractivity (Wildman–Crippen MR) is 342 cm³/mol. The Kier molecular flexibility index (Phi) is 32.2. The maximum atomic E-state index is 13.6. The summed E-state index contributed by atoms with van der Waals surface area (Å²) in [7, 11) is 0. The number of hydrogen-bond donors (Lipinski definition) is 1. The third kappa shape index (κ3) is 26.8. The Hall–Kier alpha value is -5.07. The Morgan fingerprint density at radius 1 is 0.556 bits per heavy atom. The van der Waals surface area contributed by atoms with Crippen LogP contribution in [0.15, 0.2) is 161 Å². The van der Waals surface area contributed by atoms with Crippen LogP contribution in [0.5, 0.6) is 0 Å². The van der Waals surface area contributed by atoms with E-state index in [-0.39, 0.29) is 40.8 Å².